The van der Waals surface area contributed by atoms with Crippen molar-refractivity contribution in [2.45, 2.75) is 75.8 Å². The van der Waals surface area contributed by atoms with Gasteiger partial charge < -0.3 is 50.5 Å². The SMILES string of the molecule is C=C1C[C@@]23C=CC(=O)[C@@](C)(CCC(=O)Nc4c(O[C@@H]5O[C@H](CO)[C@@H](O)[C@H](O)[C@H]5O)ccc(C(=O)O)c4O)[C@@H]2C[C@@H]1C[C@H]3O. The van der Waals surface area contributed by atoms with Crippen molar-refractivity contribution >= 4 is 23.3 Å². The first-order chi connectivity index (χ1) is 20.2. The van der Waals surface area contributed by atoms with Crippen molar-refractivity contribution in [3.8, 4) is 11.5 Å². The molecule has 0 unspecified atom stereocenters. The number of carboxylic acid groups (broad SMARTS) is 1. The normalized spacial score (nSPS) is 38.5. The van der Waals surface area contributed by atoms with E-state index in [0.717, 1.165) is 17.7 Å². The fraction of sp³-hybridized carbons (Fsp3) is 0.567. The van der Waals surface area contributed by atoms with E-state index in [0.29, 0.717) is 19.3 Å². The number of anilines is 1. The third-order valence-corrected chi connectivity index (χ3v) is 9.88. The van der Waals surface area contributed by atoms with Gasteiger partial charge in [-0.05, 0) is 55.7 Å². The second kappa shape index (κ2) is 11.3. The number of allylic oxidation sites excluding steroid dienone is 2. The third kappa shape index (κ3) is 5.13. The zero-order chi connectivity index (χ0) is 31.4. The fourth-order valence-corrected chi connectivity index (χ4v) is 7.29. The minimum Gasteiger partial charge on any atom is -0.505 e. The van der Waals surface area contributed by atoms with Crippen LogP contribution in [0.2, 0.25) is 0 Å². The van der Waals surface area contributed by atoms with Gasteiger partial charge in [0.15, 0.2) is 11.5 Å². The van der Waals surface area contributed by atoms with Gasteiger partial charge in [0, 0.05) is 17.3 Å². The molecule has 1 heterocycles. The molecule has 13 heteroatoms. The summed E-state index contributed by atoms with van der Waals surface area (Å²) in [4.78, 5) is 38.2. The summed E-state index contributed by atoms with van der Waals surface area (Å²) in [7, 11) is 0. The first-order valence-corrected chi connectivity index (χ1v) is 14.2. The summed E-state index contributed by atoms with van der Waals surface area (Å²) in [6, 6.07) is 2.10. The van der Waals surface area contributed by atoms with E-state index in [2.05, 4.69) is 11.9 Å². The van der Waals surface area contributed by atoms with E-state index in [1.807, 2.05) is 0 Å². The second-order valence-corrected chi connectivity index (χ2v) is 12.3. The zero-order valence-electron chi connectivity index (χ0n) is 23.5. The number of carbonyl (C=O) groups excluding carboxylic acids is 2. The van der Waals surface area contributed by atoms with Crippen molar-refractivity contribution in [2.24, 2.45) is 22.7 Å². The summed E-state index contributed by atoms with van der Waals surface area (Å²) in [5.41, 5.74) is -1.60. The van der Waals surface area contributed by atoms with Crippen LogP contribution in [0.3, 0.4) is 0 Å². The largest absolute Gasteiger partial charge is 0.505 e. The summed E-state index contributed by atoms with van der Waals surface area (Å²) in [6.45, 7) is 5.23. The molecule has 1 saturated heterocycles. The van der Waals surface area contributed by atoms with Crippen molar-refractivity contribution in [1.82, 2.24) is 0 Å². The van der Waals surface area contributed by atoms with Crippen LogP contribution in [0.4, 0.5) is 5.69 Å². The summed E-state index contributed by atoms with van der Waals surface area (Å²) in [6.07, 6.45) is -3.89. The molecule has 234 valence electrons. The molecule has 43 heavy (non-hydrogen) atoms. The van der Waals surface area contributed by atoms with E-state index in [-0.39, 0.29) is 36.2 Å². The minimum absolute atomic E-state index is 0.0761. The number of hydrogen-bond acceptors (Lipinski definition) is 11. The number of ketones is 1. The number of amides is 1. The third-order valence-electron chi connectivity index (χ3n) is 9.88. The maximum Gasteiger partial charge on any atom is 0.339 e. The number of aromatic carboxylic acids is 1. The Morgan fingerprint density at radius 1 is 1.14 bits per heavy atom. The highest BCUT2D eigenvalue weighted by Gasteiger charge is 2.61. The lowest BCUT2D eigenvalue weighted by atomic mass is 9.43. The molecule has 2 bridgehead atoms. The molecular weight excluding hydrogens is 566 g/mol. The summed E-state index contributed by atoms with van der Waals surface area (Å²) in [5, 5.41) is 73.7. The van der Waals surface area contributed by atoms with Gasteiger partial charge in [-0.15, -0.1) is 0 Å². The monoisotopic (exact) mass is 603 g/mol. The predicted octanol–water partition coefficient (Wildman–Crippen LogP) is 0.466. The Bertz CT molecular complexity index is 1360. The number of hydrogen-bond donors (Lipinski definition) is 8. The molecule has 0 aromatic heterocycles. The van der Waals surface area contributed by atoms with Gasteiger partial charge in [0.25, 0.3) is 0 Å². The number of ether oxygens (including phenoxy) is 2. The van der Waals surface area contributed by atoms with Crippen molar-refractivity contribution in [1.29, 1.82) is 0 Å². The summed E-state index contributed by atoms with van der Waals surface area (Å²) < 4.78 is 10.9. The van der Waals surface area contributed by atoms with Gasteiger partial charge in [-0.3, -0.25) is 9.59 Å². The van der Waals surface area contributed by atoms with Gasteiger partial charge in [0.05, 0.1) is 12.7 Å². The molecule has 1 amide bonds. The van der Waals surface area contributed by atoms with E-state index in [1.165, 1.54) is 6.08 Å². The lowest BCUT2D eigenvalue weighted by molar-refractivity contribution is -0.277. The molecule has 8 N–H and O–H groups in total. The number of phenols is 1. The molecule has 5 aliphatic rings. The number of carbonyl (C=O) groups is 3. The minimum atomic E-state index is -1.81. The maximum absolute atomic E-state index is 13.3. The van der Waals surface area contributed by atoms with Gasteiger partial charge in [0.2, 0.25) is 12.2 Å². The van der Waals surface area contributed by atoms with Crippen LogP contribution in [0, 0.1) is 22.7 Å². The maximum atomic E-state index is 13.3. The highest BCUT2D eigenvalue weighted by molar-refractivity contribution is 6.00. The van der Waals surface area contributed by atoms with Gasteiger partial charge >= 0.3 is 5.97 Å². The van der Waals surface area contributed by atoms with Crippen LogP contribution in [0.1, 0.15) is 49.4 Å². The van der Waals surface area contributed by atoms with E-state index in [1.54, 1.807) is 13.0 Å². The molecule has 6 rings (SSSR count). The standard InChI is InChI=1S/C30H37NO12/c1-13-11-30-8-5-19(33)29(2,18(30)9-14(13)10-20(30)34)7-6-21(35)31-22-16(4-3-15(23(22)36)27(40)41)42-28-26(39)25(38)24(37)17(12-32)43-28/h3-5,8,14,17-18,20,24-26,28,32,34,36-39H,1,6-7,9-12H2,2H3,(H,31,35)(H,40,41)/t14-,17-,18+,20-,24-,25+,26-,28-,29+,30+/m1/s1. The lowest BCUT2D eigenvalue weighted by Crippen LogP contribution is -2.60. The Balaban J connectivity index is 1.37. The molecule has 1 aliphatic heterocycles. The van der Waals surface area contributed by atoms with Crippen molar-refractivity contribution in [2.75, 3.05) is 11.9 Å². The van der Waals surface area contributed by atoms with Gasteiger partial charge in [0.1, 0.15) is 41.4 Å². The second-order valence-electron chi connectivity index (χ2n) is 12.3. The Hall–Kier alpha value is -3.33. The number of carboxylic acids is 1. The van der Waals surface area contributed by atoms with Crippen LogP contribution in [-0.4, -0.2) is 96.8 Å². The molecule has 1 aromatic rings. The summed E-state index contributed by atoms with van der Waals surface area (Å²) >= 11 is 0. The molecule has 3 saturated carbocycles. The van der Waals surface area contributed by atoms with Gasteiger partial charge in [-0.2, -0.15) is 0 Å². The average molecular weight is 604 g/mol. The van der Waals surface area contributed by atoms with Crippen LogP contribution in [0.25, 0.3) is 0 Å². The number of fused-ring (bicyclic) bond motifs is 2. The predicted molar refractivity (Wildman–Crippen MR) is 148 cm³/mol. The zero-order valence-corrected chi connectivity index (χ0v) is 23.5. The van der Waals surface area contributed by atoms with Crippen molar-refractivity contribution < 1.29 is 59.6 Å². The van der Waals surface area contributed by atoms with Crippen molar-refractivity contribution in [3.05, 3.63) is 42.0 Å². The van der Waals surface area contributed by atoms with Gasteiger partial charge in [-0.1, -0.05) is 25.2 Å². The number of nitrogens with one attached hydrogen (secondary N) is 1. The molecule has 1 aromatic carbocycles. The topological polar surface area (TPSA) is 223 Å². The first kappa shape index (κ1) is 31.1. The highest BCUT2D eigenvalue weighted by Crippen LogP contribution is 2.64. The number of aliphatic hydroxyl groups excluding tert-OH is 5. The number of benzene rings is 1. The average Bonchev–Trinajstić information content (AvgIpc) is 2.96. The lowest BCUT2D eigenvalue weighted by Gasteiger charge is -2.61. The Morgan fingerprint density at radius 3 is 2.53 bits per heavy atom. The van der Waals surface area contributed by atoms with Crippen LogP contribution < -0.4 is 10.1 Å². The number of aromatic hydroxyl groups is 1. The summed E-state index contributed by atoms with van der Waals surface area (Å²) in [5.74, 6) is -3.67. The van der Waals surface area contributed by atoms with Crippen molar-refractivity contribution in [3.63, 3.8) is 0 Å². The van der Waals surface area contributed by atoms with Gasteiger partial charge in [-0.25, -0.2) is 4.79 Å². The van der Waals surface area contributed by atoms with E-state index in [9.17, 15) is 50.1 Å². The van der Waals surface area contributed by atoms with E-state index < -0.39 is 83.1 Å². The van der Waals surface area contributed by atoms with Crippen LogP contribution in [0.5, 0.6) is 11.5 Å². The smallest absolute Gasteiger partial charge is 0.339 e. The van der Waals surface area contributed by atoms with E-state index >= 15 is 0 Å². The number of rotatable bonds is 8. The quantitative estimate of drug-likeness (QED) is 0.150. The van der Waals surface area contributed by atoms with Crippen LogP contribution in [-0.2, 0) is 14.3 Å². The molecule has 4 aliphatic carbocycles. The Labute approximate surface area is 247 Å². The fourth-order valence-electron chi connectivity index (χ4n) is 7.29. The Kier molecular flexibility index (Phi) is 8.18. The molecule has 1 spiro atoms. The molecule has 4 fully saturated rings. The number of aliphatic hydroxyl groups is 5. The highest BCUT2D eigenvalue weighted by atomic mass is 16.7. The van der Waals surface area contributed by atoms with Crippen LogP contribution in [0.15, 0.2) is 36.4 Å². The molecule has 10 atom stereocenters. The molecular formula is C30H37NO12. The first-order valence-electron chi connectivity index (χ1n) is 14.2. The van der Waals surface area contributed by atoms with E-state index in [4.69, 9.17) is 9.47 Å². The molecule has 0 radical (unpaired) electrons. The van der Waals surface area contributed by atoms with Crippen LogP contribution >= 0.6 is 0 Å². The Morgan fingerprint density at radius 2 is 1.86 bits per heavy atom. The molecule has 13 nitrogen and oxygen atoms in total.